The SMILES string of the molecule is Br.Cn1c(CO)nc2cc(C(=O)CBr)ccc21. The molecule has 0 bridgehead atoms. The van der Waals surface area contributed by atoms with Crippen molar-refractivity contribution in [2.45, 2.75) is 6.61 Å². The van der Waals surface area contributed by atoms with Crippen LogP contribution >= 0.6 is 32.9 Å². The maximum absolute atomic E-state index is 11.5. The van der Waals surface area contributed by atoms with Gasteiger partial charge in [0.15, 0.2) is 5.78 Å². The molecule has 4 nitrogen and oxygen atoms in total. The number of halogens is 2. The minimum atomic E-state index is -0.104. The summed E-state index contributed by atoms with van der Waals surface area (Å²) in [6.45, 7) is -0.104. The highest BCUT2D eigenvalue weighted by Crippen LogP contribution is 2.17. The first-order valence-electron chi connectivity index (χ1n) is 4.82. The van der Waals surface area contributed by atoms with E-state index < -0.39 is 0 Å². The minimum absolute atomic E-state index is 0. The molecular formula is C11H12Br2N2O2. The second kappa shape index (κ2) is 5.75. The van der Waals surface area contributed by atoms with Crippen LogP contribution in [0.2, 0.25) is 0 Å². The van der Waals surface area contributed by atoms with E-state index in [4.69, 9.17) is 5.11 Å². The summed E-state index contributed by atoms with van der Waals surface area (Å²) in [6.07, 6.45) is 0. The van der Waals surface area contributed by atoms with Crippen LogP contribution in [0.25, 0.3) is 11.0 Å². The molecule has 0 saturated carbocycles. The summed E-state index contributed by atoms with van der Waals surface area (Å²) in [7, 11) is 1.84. The van der Waals surface area contributed by atoms with E-state index in [9.17, 15) is 4.79 Å². The van der Waals surface area contributed by atoms with Gasteiger partial charge in [0.2, 0.25) is 0 Å². The lowest BCUT2D eigenvalue weighted by atomic mass is 10.1. The van der Waals surface area contributed by atoms with Gasteiger partial charge in [-0.3, -0.25) is 4.79 Å². The van der Waals surface area contributed by atoms with Crippen LogP contribution in [0.5, 0.6) is 0 Å². The second-order valence-corrected chi connectivity index (χ2v) is 4.07. The van der Waals surface area contributed by atoms with Crippen LogP contribution in [-0.2, 0) is 13.7 Å². The highest BCUT2D eigenvalue weighted by molar-refractivity contribution is 9.09. The topological polar surface area (TPSA) is 55.1 Å². The molecule has 6 heteroatoms. The summed E-state index contributed by atoms with van der Waals surface area (Å²) in [5, 5.41) is 9.39. The molecule has 1 aromatic heterocycles. The molecule has 0 unspecified atom stereocenters. The van der Waals surface area contributed by atoms with Gasteiger partial charge in [0.25, 0.3) is 0 Å². The zero-order valence-corrected chi connectivity index (χ0v) is 12.5. The van der Waals surface area contributed by atoms with E-state index >= 15 is 0 Å². The number of alkyl halides is 1. The Morgan fingerprint density at radius 1 is 1.53 bits per heavy atom. The highest BCUT2D eigenvalue weighted by Gasteiger charge is 2.10. The largest absolute Gasteiger partial charge is 0.388 e. The Bertz CT molecular complexity index is 552. The number of carbonyl (C=O) groups excluding carboxylic acids is 1. The summed E-state index contributed by atoms with van der Waals surface area (Å²) < 4.78 is 1.82. The Labute approximate surface area is 118 Å². The Morgan fingerprint density at radius 3 is 2.82 bits per heavy atom. The van der Waals surface area contributed by atoms with Gasteiger partial charge in [-0.25, -0.2) is 4.98 Å². The van der Waals surface area contributed by atoms with Crippen molar-refractivity contribution in [2.75, 3.05) is 5.33 Å². The summed E-state index contributed by atoms with van der Waals surface area (Å²) in [5.41, 5.74) is 2.28. The lowest BCUT2D eigenvalue weighted by Gasteiger charge is -1.99. The third-order valence-corrected chi connectivity index (χ3v) is 3.07. The third kappa shape index (κ3) is 2.59. The number of nitrogens with zero attached hydrogens (tertiary/aromatic N) is 2. The number of Topliss-reactive ketones (excluding diaryl/α,β-unsaturated/α-hetero) is 1. The van der Waals surface area contributed by atoms with E-state index in [0.29, 0.717) is 16.7 Å². The molecule has 0 radical (unpaired) electrons. The molecule has 0 amide bonds. The number of rotatable bonds is 3. The lowest BCUT2D eigenvalue weighted by molar-refractivity contribution is 0.102. The van der Waals surface area contributed by atoms with Crippen LogP contribution in [0.4, 0.5) is 0 Å². The van der Waals surface area contributed by atoms with Crippen molar-refractivity contribution in [3.8, 4) is 0 Å². The average Bonchev–Trinajstić information content (AvgIpc) is 2.64. The van der Waals surface area contributed by atoms with Crippen molar-refractivity contribution in [3.05, 3.63) is 29.6 Å². The van der Waals surface area contributed by atoms with Gasteiger partial charge >= 0.3 is 0 Å². The second-order valence-electron chi connectivity index (χ2n) is 3.51. The highest BCUT2D eigenvalue weighted by atomic mass is 79.9. The van der Waals surface area contributed by atoms with Crippen LogP contribution < -0.4 is 0 Å². The van der Waals surface area contributed by atoms with Gasteiger partial charge in [-0.2, -0.15) is 0 Å². The van der Waals surface area contributed by atoms with E-state index in [1.54, 1.807) is 12.1 Å². The zero-order valence-electron chi connectivity index (χ0n) is 9.18. The molecule has 0 spiro atoms. The third-order valence-electron chi connectivity index (χ3n) is 2.56. The maximum Gasteiger partial charge on any atom is 0.173 e. The van der Waals surface area contributed by atoms with Crippen molar-refractivity contribution >= 4 is 49.7 Å². The molecule has 1 heterocycles. The van der Waals surface area contributed by atoms with Gasteiger partial charge in [-0.1, -0.05) is 15.9 Å². The van der Waals surface area contributed by atoms with Gasteiger partial charge in [-0.05, 0) is 18.2 Å². The fourth-order valence-electron chi connectivity index (χ4n) is 1.64. The Hall–Kier alpha value is -0.720. The molecule has 1 N–H and O–H groups in total. The molecule has 0 aliphatic carbocycles. The van der Waals surface area contributed by atoms with E-state index in [1.165, 1.54) is 0 Å². The number of hydrogen-bond acceptors (Lipinski definition) is 3. The molecule has 0 aliphatic rings. The number of aliphatic hydroxyl groups is 1. The molecule has 0 saturated heterocycles. The number of hydrogen-bond donors (Lipinski definition) is 1. The van der Waals surface area contributed by atoms with Crippen LogP contribution in [0.15, 0.2) is 18.2 Å². The van der Waals surface area contributed by atoms with Gasteiger partial charge in [-0.15, -0.1) is 17.0 Å². The fraction of sp³-hybridized carbons (Fsp3) is 0.273. The predicted octanol–water partition coefficient (Wildman–Crippen LogP) is 2.22. The predicted molar refractivity (Wildman–Crippen MR) is 75.1 cm³/mol. The van der Waals surface area contributed by atoms with E-state index in [0.717, 1.165) is 11.0 Å². The number of aliphatic hydroxyl groups excluding tert-OH is 1. The molecule has 0 atom stereocenters. The first-order chi connectivity index (χ1) is 7.67. The van der Waals surface area contributed by atoms with E-state index in [-0.39, 0.29) is 29.4 Å². The number of aromatic nitrogens is 2. The molecule has 17 heavy (non-hydrogen) atoms. The number of benzene rings is 1. The summed E-state index contributed by atoms with van der Waals surface area (Å²) in [5.74, 6) is 0.622. The monoisotopic (exact) mass is 362 g/mol. The molecule has 1 aromatic carbocycles. The fourth-order valence-corrected chi connectivity index (χ4v) is 1.97. The van der Waals surface area contributed by atoms with Crippen molar-refractivity contribution in [3.63, 3.8) is 0 Å². The van der Waals surface area contributed by atoms with Gasteiger partial charge < -0.3 is 9.67 Å². The van der Waals surface area contributed by atoms with Crippen LogP contribution in [0.3, 0.4) is 0 Å². The number of imidazole rings is 1. The Morgan fingerprint density at radius 2 is 2.24 bits per heavy atom. The summed E-state index contributed by atoms with van der Waals surface area (Å²) >= 11 is 3.13. The van der Waals surface area contributed by atoms with Gasteiger partial charge in [0.05, 0.1) is 16.4 Å². The maximum atomic E-state index is 11.5. The number of aryl methyl sites for hydroxylation is 1. The standard InChI is InChI=1S/C11H11BrN2O2.BrH/c1-14-9-3-2-7(10(16)5-12)4-8(9)13-11(14)6-15;/h2-4,15H,5-6H2,1H3;1H. The van der Waals surface area contributed by atoms with E-state index in [1.807, 2.05) is 17.7 Å². The average molecular weight is 364 g/mol. The Balaban J connectivity index is 0.00000144. The van der Waals surface area contributed by atoms with Crippen molar-refractivity contribution < 1.29 is 9.90 Å². The quantitative estimate of drug-likeness (QED) is 0.672. The molecular weight excluding hydrogens is 352 g/mol. The van der Waals surface area contributed by atoms with Gasteiger partial charge in [0.1, 0.15) is 12.4 Å². The number of ketones is 1. The van der Waals surface area contributed by atoms with Crippen molar-refractivity contribution in [1.82, 2.24) is 9.55 Å². The molecule has 2 aromatic rings. The first-order valence-corrected chi connectivity index (χ1v) is 5.95. The molecule has 2 rings (SSSR count). The van der Waals surface area contributed by atoms with Gasteiger partial charge in [0, 0.05) is 12.6 Å². The normalized spacial score (nSPS) is 10.3. The van der Waals surface area contributed by atoms with Crippen molar-refractivity contribution in [1.29, 1.82) is 0 Å². The first kappa shape index (κ1) is 14.3. The number of carbonyl (C=O) groups is 1. The summed E-state index contributed by atoms with van der Waals surface area (Å²) in [4.78, 5) is 15.7. The Kier molecular flexibility index (Phi) is 4.85. The lowest BCUT2D eigenvalue weighted by Crippen LogP contribution is -1.99. The smallest absolute Gasteiger partial charge is 0.173 e. The number of fused-ring (bicyclic) bond motifs is 1. The van der Waals surface area contributed by atoms with Crippen molar-refractivity contribution in [2.24, 2.45) is 7.05 Å². The minimum Gasteiger partial charge on any atom is -0.388 e. The molecule has 92 valence electrons. The zero-order chi connectivity index (χ0) is 11.7. The molecule has 0 fully saturated rings. The van der Waals surface area contributed by atoms with E-state index in [2.05, 4.69) is 20.9 Å². The van der Waals surface area contributed by atoms with Crippen LogP contribution in [0.1, 0.15) is 16.2 Å². The van der Waals surface area contributed by atoms with Crippen LogP contribution in [0, 0.1) is 0 Å². The molecule has 0 aliphatic heterocycles. The summed E-state index contributed by atoms with van der Waals surface area (Å²) in [6, 6.07) is 5.37. The van der Waals surface area contributed by atoms with Crippen LogP contribution in [-0.4, -0.2) is 25.8 Å².